The first-order chi connectivity index (χ1) is 15.9. The number of nitrogens with one attached hydrogen (secondary N) is 1. The van der Waals surface area contributed by atoms with Gasteiger partial charge in [0.15, 0.2) is 0 Å². The maximum Gasteiger partial charge on any atom is 0.341 e. The smallest absolute Gasteiger partial charge is 0.341 e. The first-order valence-electron chi connectivity index (χ1n) is 11.7. The number of esters is 1. The lowest BCUT2D eigenvalue weighted by molar-refractivity contribution is -0.117. The molecule has 0 atom stereocenters. The van der Waals surface area contributed by atoms with Crippen LogP contribution in [0.3, 0.4) is 0 Å². The number of nitrogens with zero attached hydrogens (tertiary/aromatic N) is 2. The van der Waals surface area contributed by atoms with Crippen molar-refractivity contribution >= 4 is 33.9 Å². The van der Waals surface area contributed by atoms with Crippen LogP contribution in [0, 0.1) is 0 Å². The third kappa shape index (κ3) is 5.68. The van der Waals surface area contributed by atoms with E-state index in [1.165, 1.54) is 16.2 Å². The molecule has 4 rings (SSSR count). The Morgan fingerprint density at radius 1 is 1.06 bits per heavy atom. The number of fused-ring (bicyclic) bond motifs is 1. The minimum Gasteiger partial charge on any atom is -0.497 e. The molecular weight excluding hydrogens is 438 g/mol. The second-order valence-electron chi connectivity index (χ2n) is 8.88. The molecule has 33 heavy (non-hydrogen) atoms. The Balaban J connectivity index is 1.36. The number of anilines is 2. The van der Waals surface area contributed by atoms with Crippen LogP contribution in [0.25, 0.3) is 0 Å². The van der Waals surface area contributed by atoms with E-state index in [1.54, 1.807) is 7.11 Å². The minimum atomic E-state index is -0.326. The quantitative estimate of drug-likeness (QED) is 0.617. The summed E-state index contributed by atoms with van der Waals surface area (Å²) in [4.78, 5) is 31.4. The fraction of sp³-hybridized carbons (Fsp3) is 0.520. The van der Waals surface area contributed by atoms with Crippen molar-refractivity contribution in [2.24, 2.45) is 0 Å². The Morgan fingerprint density at radius 3 is 2.42 bits per heavy atom. The number of carbonyl (C=O) groups is 2. The summed E-state index contributed by atoms with van der Waals surface area (Å²) in [5.41, 5.74) is 2.80. The van der Waals surface area contributed by atoms with Crippen LogP contribution < -0.4 is 15.0 Å². The lowest BCUT2D eigenvalue weighted by atomic mass is 9.95. The lowest BCUT2D eigenvalue weighted by Crippen LogP contribution is -2.48. The van der Waals surface area contributed by atoms with Crippen molar-refractivity contribution in [2.75, 3.05) is 50.1 Å². The van der Waals surface area contributed by atoms with Crippen molar-refractivity contribution in [1.29, 1.82) is 0 Å². The maximum absolute atomic E-state index is 12.9. The summed E-state index contributed by atoms with van der Waals surface area (Å²) in [5, 5.41) is 3.68. The Kier molecular flexibility index (Phi) is 7.55. The van der Waals surface area contributed by atoms with Crippen molar-refractivity contribution in [3.8, 4) is 5.75 Å². The van der Waals surface area contributed by atoms with Gasteiger partial charge in [-0.3, -0.25) is 9.69 Å². The van der Waals surface area contributed by atoms with E-state index in [1.807, 2.05) is 26.0 Å². The van der Waals surface area contributed by atoms with Crippen LogP contribution in [-0.2, 0) is 22.4 Å². The van der Waals surface area contributed by atoms with E-state index in [-0.39, 0.29) is 18.0 Å². The largest absolute Gasteiger partial charge is 0.497 e. The van der Waals surface area contributed by atoms with E-state index in [4.69, 9.17) is 9.47 Å². The molecule has 2 heterocycles. The van der Waals surface area contributed by atoms with E-state index in [2.05, 4.69) is 27.2 Å². The molecule has 1 aliphatic carbocycles. The van der Waals surface area contributed by atoms with Gasteiger partial charge in [0.25, 0.3) is 0 Å². The average Bonchev–Trinajstić information content (AvgIpc) is 3.17. The molecule has 1 amide bonds. The molecule has 0 radical (unpaired) electrons. The highest BCUT2D eigenvalue weighted by Gasteiger charge is 2.28. The summed E-state index contributed by atoms with van der Waals surface area (Å²) in [6.07, 6.45) is 3.83. The predicted octanol–water partition coefficient (Wildman–Crippen LogP) is 3.96. The molecule has 1 aromatic carbocycles. The minimum absolute atomic E-state index is 0.0786. The van der Waals surface area contributed by atoms with Crippen LogP contribution in [0.15, 0.2) is 24.3 Å². The Bertz CT molecular complexity index is 978. The summed E-state index contributed by atoms with van der Waals surface area (Å²) in [5.74, 6) is 0.443. The summed E-state index contributed by atoms with van der Waals surface area (Å²) < 4.78 is 10.7. The van der Waals surface area contributed by atoms with Gasteiger partial charge in [-0.25, -0.2) is 4.79 Å². The molecule has 2 aromatic rings. The van der Waals surface area contributed by atoms with Crippen LogP contribution in [0.5, 0.6) is 5.75 Å². The number of aryl methyl sites for hydroxylation is 1. The number of amides is 1. The molecule has 178 valence electrons. The van der Waals surface area contributed by atoms with Gasteiger partial charge >= 0.3 is 5.97 Å². The second kappa shape index (κ2) is 10.6. The SMILES string of the molecule is COc1ccc(N2CCN(CC(=O)Nc3sc4c(c3C(=O)OC(C)C)CCCC4)CC2)cc1. The first-order valence-corrected chi connectivity index (χ1v) is 12.5. The Labute approximate surface area is 199 Å². The molecule has 1 N–H and O–H groups in total. The zero-order valence-corrected chi connectivity index (χ0v) is 20.5. The molecule has 2 aliphatic rings. The highest BCUT2D eigenvalue weighted by molar-refractivity contribution is 7.17. The Morgan fingerprint density at radius 2 is 1.76 bits per heavy atom. The number of piperazine rings is 1. The lowest BCUT2D eigenvalue weighted by Gasteiger charge is -2.35. The number of ether oxygens (including phenoxy) is 2. The number of hydrogen-bond acceptors (Lipinski definition) is 7. The van der Waals surface area contributed by atoms with Gasteiger partial charge < -0.3 is 19.7 Å². The molecule has 1 saturated heterocycles. The van der Waals surface area contributed by atoms with Crippen molar-refractivity contribution < 1.29 is 19.1 Å². The molecule has 1 aliphatic heterocycles. The van der Waals surface area contributed by atoms with Gasteiger partial charge in [0.2, 0.25) is 5.91 Å². The normalized spacial score (nSPS) is 16.4. The van der Waals surface area contributed by atoms with Gasteiger partial charge in [0, 0.05) is 36.7 Å². The number of methoxy groups -OCH3 is 1. The van der Waals surface area contributed by atoms with Crippen LogP contribution in [-0.4, -0.2) is 62.7 Å². The molecule has 8 heteroatoms. The van der Waals surface area contributed by atoms with Crippen LogP contribution in [0.2, 0.25) is 0 Å². The summed E-state index contributed by atoms with van der Waals surface area (Å²) in [6, 6.07) is 8.07. The highest BCUT2D eigenvalue weighted by Crippen LogP contribution is 2.38. The number of hydrogen-bond donors (Lipinski definition) is 1. The van der Waals surface area contributed by atoms with Crippen LogP contribution in [0.1, 0.15) is 47.5 Å². The van der Waals surface area contributed by atoms with Crippen molar-refractivity contribution in [1.82, 2.24) is 4.90 Å². The molecular formula is C25H33N3O4S. The summed E-state index contributed by atoms with van der Waals surface area (Å²) in [7, 11) is 1.67. The number of carbonyl (C=O) groups excluding carboxylic acids is 2. The van der Waals surface area contributed by atoms with Gasteiger partial charge in [-0.05, 0) is 69.4 Å². The molecule has 0 saturated carbocycles. The molecule has 1 aromatic heterocycles. The van der Waals surface area contributed by atoms with E-state index in [9.17, 15) is 9.59 Å². The topological polar surface area (TPSA) is 71.1 Å². The van der Waals surface area contributed by atoms with E-state index in [0.717, 1.165) is 68.9 Å². The number of thiophene rings is 1. The van der Waals surface area contributed by atoms with E-state index < -0.39 is 0 Å². The fourth-order valence-electron chi connectivity index (χ4n) is 4.47. The van der Waals surface area contributed by atoms with Crippen molar-refractivity contribution in [3.63, 3.8) is 0 Å². The van der Waals surface area contributed by atoms with Gasteiger partial charge in [-0.15, -0.1) is 11.3 Å². The van der Waals surface area contributed by atoms with Gasteiger partial charge in [-0.1, -0.05) is 0 Å². The van der Waals surface area contributed by atoms with Crippen molar-refractivity contribution in [2.45, 2.75) is 45.6 Å². The highest BCUT2D eigenvalue weighted by atomic mass is 32.1. The third-order valence-corrected chi connectivity index (χ3v) is 7.36. The van der Waals surface area contributed by atoms with Gasteiger partial charge in [0.05, 0.1) is 25.3 Å². The maximum atomic E-state index is 12.9. The second-order valence-corrected chi connectivity index (χ2v) is 9.98. The van der Waals surface area contributed by atoms with Crippen LogP contribution in [0.4, 0.5) is 10.7 Å². The Hall–Kier alpha value is -2.58. The molecule has 0 bridgehead atoms. The van der Waals surface area contributed by atoms with Crippen LogP contribution >= 0.6 is 11.3 Å². The van der Waals surface area contributed by atoms with Gasteiger partial charge in [0.1, 0.15) is 10.8 Å². The predicted molar refractivity (Wildman–Crippen MR) is 132 cm³/mol. The third-order valence-electron chi connectivity index (χ3n) is 6.15. The number of benzene rings is 1. The standard InChI is InChI=1S/C25H33N3O4S/c1-17(2)32-25(30)23-20-6-4-5-7-21(20)33-24(23)26-22(29)16-27-12-14-28(15-13-27)18-8-10-19(31-3)11-9-18/h8-11,17H,4-7,12-16H2,1-3H3,(H,26,29). The molecule has 0 spiro atoms. The number of rotatable bonds is 7. The van der Waals surface area contributed by atoms with Gasteiger partial charge in [-0.2, -0.15) is 0 Å². The van der Waals surface area contributed by atoms with E-state index in [0.29, 0.717) is 17.1 Å². The molecule has 1 fully saturated rings. The summed E-state index contributed by atoms with van der Waals surface area (Å²) in [6.45, 7) is 7.35. The molecule has 0 unspecified atom stereocenters. The van der Waals surface area contributed by atoms with Crippen molar-refractivity contribution in [3.05, 3.63) is 40.3 Å². The first kappa shape index (κ1) is 23.6. The zero-order valence-electron chi connectivity index (χ0n) is 19.7. The molecule has 7 nitrogen and oxygen atoms in total. The summed E-state index contributed by atoms with van der Waals surface area (Å²) >= 11 is 1.54. The average molecular weight is 472 g/mol. The van der Waals surface area contributed by atoms with E-state index >= 15 is 0 Å². The fourth-order valence-corrected chi connectivity index (χ4v) is 5.76. The zero-order chi connectivity index (χ0) is 23.4. The monoisotopic (exact) mass is 471 g/mol.